The van der Waals surface area contributed by atoms with Crippen LogP contribution in [-0.4, -0.2) is 7.05 Å². The molecule has 1 atom stereocenters. The lowest BCUT2D eigenvalue weighted by molar-refractivity contribution is 0.712. The molecule has 2 heterocycles. The predicted octanol–water partition coefficient (Wildman–Crippen LogP) is 4.35. The lowest BCUT2D eigenvalue weighted by Gasteiger charge is -2.14. The number of aryl methyl sites for hydroxylation is 4. The van der Waals surface area contributed by atoms with E-state index in [2.05, 4.69) is 45.1 Å². The highest BCUT2D eigenvalue weighted by Gasteiger charge is 2.19. The highest BCUT2D eigenvalue weighted by molar-refractivity contribution is 7.13. The van der Waals surface area contributed by atoms with E-state index in [1.165, 1.54) is 30.6 Å². The zero-order valence-electron chi connectivity index (χ0n) is 11.0. The highest BCUT2D eigenvalue weighted by atomic mass is 32.1. The Kier molecular flexibility index (Phi) is 3.71. The second-order valence-electron chi connectivity index (χ2n) is 4.51. The Morgan fingerprint density at radius 3 is 2.12 bits per heavy atom. The maximum atomic E-state index is 3.45. The molecule has 1 unspecified atom stereocenters. The van der Waals surface area contributed by atoms with Crippen molar-refractivity contribution in [3.05, 3.63) is 42.8 Å². The van der Waals surface area contributed by atoms with Gasteiger partial charge in [0.15, 0.2) is 0 Å². The van der Waals surface area contributed by atoms with Crippen LogP contribution in [-0.2, 0) is 0 Å². The molecule has 17 heavy (non-hydrogen) atoms. The zero-order chi connectivity index (χ0) is 12.6. The molecule has 0 bridgehead atoms. The number of rotatable bonds is 3. The largest absolute Gasteiger partial charge is 0.308 e. The van der Waals surface area contributed by atoms with Crippen molar-refractivity contribution < 1.29 is 0 Å². The van der Waals surface area contributed by atoms with E-state index in [-0.39, 0.29) is 0 Å². The molecule has 0 saturated heterocycles. The van der Waals surface area contributed by atoms with E-state index in [9.17, 15) is 0 Å². The van der Waals surface area contributed by atoms with Gasteiger partial charge in [-0.25, -0.2) is 0 Å². The Hall–Kier alpha value is -0.640. The van der Waals surface area contributed by atoms with Gasteiger partial charge in [0.05, 0.1) is 6.04 Å². The summed E-state index contributed by atoms with van der Waals surface area (Å²) in [6.07, 6.45) is 0. The Bertz CT molecular complexity index is 503. The van der Waals surface area contributed by atoms with E-state index in [4.69, 9.17) is 0 Å². The molecule has 0 aliphatic carbocycles. The van der Waals surface area contributed by atoms with E-state index >= 15 is 0 Å². The van der Waals surface area contributed by atoms with Crippen molar-refractivity contribution in [2.24, 2.45) is 0 Å². The van der Waals surface area contributed by atoms with Gasteiger partial charge in [-0.2, -0.15) is 0 Å². The molecule has 2 aromatic rings. The smallest absolute Gasteiger partial charge is 0.0765 e. The van der Waals surface area contributed by atoms with Crippen LogP contribution in [0.25, 0.3) is 0 Å². The van der Waals surface area contributed by atoms with Crippen LogP contribution in [0.15, 0.2) is 12.1 Å². The van der Waals surface area contributed by atoms with Gasteiger partial charge in [-0.15, -0.1) is 22.7 Å². The summed E-state index contributed by atoms with van der Waals surface area (Å²) < 4.78 is 0. The van der Waals surface area contributed by atoms with E-state index in [1.807, 2.05) is 29.7 Å². The first-order valence-electron chi connectivity index (χ1n) is 5.84. The van der Waals surface area contributed by atoms with Crippen LogP contribution in [0.4, 0.5) is 0 Å². The van der Waals surface area contributed by atoms with E-state index < -0.39 is 0 Å². The second-order valence-corrected chi connectivity index (χ2v) is 7.09. The van der Waals surface area contributed by atoms with Gasteiger partial charge >= 0.3 is 0 Å². The van der Waals surface area contributed by atoms with Gasteiger partial charge in [-0.05, 0) is 58.0 Å². The topological polar surface area (TPSA) is 12.0 Å². The molecule has 0 fully saturated rings. The van der Waals surface area contributed by atoms with Gasteiger partial charge in [0.1, 0.15) is 0 Å². The molecule has 2 rings (SSSR count). The fourth-order valence-corrected chi connectivity index (χ4v) is 4.50. The van der Waals surface area contributed by atoms with Crippen LogP contribution >= 0.6 is 22.7 Å². The summed E-state index contributed by atoms with van der Waals surface area (Å²) >= 11 is 3.81. The molecule has 0 aliphatic heterocycles. The van der Waals surface area contributed by atoms with E-state index in [0.717, 1.165) is 0 Å². The van der Waals surface area contributed by atoms with Crippen LogP contribution in [0.2, 0.25) is 0 Å². The van der Waals surface area contributed by atoms with E-state index in [1.54, 1.807) is 0 Å². The van der Waals surface area contributed by atoms with Gasteiger partial charge < -0.3 is 5.32 Å². The zero-order valence-corrected chi connectivity index (χ0v) is 12.7. The first-order valence-corrected chi connectivity index (χ1v) is 7.47. The summed E-state index contributed by atoms with van der Waals surface area (Å²) in [5, 5.41) is 3.45. The van der Waals surface area contributed by atoms with Crippen molar-refractivity contribution >= 4 is 22.7 Å². The monoisotopic (exact) mass is 265 g/mol. The van der Waals surface area contributed by atoms with Crippen molar-refractivity contribution in [3.8, 4) is 0 Å². The SMILES string of the molecule is CNC(c1cc(C)c(C)s1)c1sc(C)cc1C. The molecule has 0 aromatic carbocycles. The Balaban J connectivity index is 2.43. The maximum Gasteiger partial charge on any atom is 0.0765 e. The van der Waals surface area contributed by atoms with Crippen molar-refractivity contribution in [3.63, 3.8) is 0 Å². The molecule has 2 aromatic heterocycles. The minimum Gasteiger partial charge on any atom is -0.308 e. The van der Waals surface area contributed by atoms with Crippen molar-refractivity contribution in [2.45, 2.75) is 33.7 Å². The Morgan fingerprint density at radius 1 is 1.00 bits per heavy atom. The first-order chi connectivity index (χ1) is 8.02. The van der Waals surface area contributed by atoms with Crippen LogP contribution in [0.1, 0.15) is 36.7 Å². The quantitative estimate of drug-likeness (QED) is 0.870. The standard InChI is InChI=1S/C14H19NS2/c1-8-7-12(17-11(8)4)13(15-5)14-9(2)6-10(3)16-14/h6-7,13,15H,1-5H3. The average molecular weight is 265 g/mol. The minimum atomic E-state index is 0.353. The van der Waals surface area contributed by atoms with Crippen molar-refractivity contribution in [1.82, 2.24) is 5.32 Å². The predicted molar refractivity (Wildman–Crippen MR) is 78.5 cm³/mol. The molecule has 0 amide bonds. The van der Waals surface area contributed by atoms with Crippen LogP contribution in [0, 0.1) is 27.7 Å². The van der Waals surface area contributed by atoms with Gasteiger partial charge in [0.2, 0.25) is 0 Å². The number of hydrogen-bond donors (Lipinski definition) is 1. The number of hydrogen-bond acceptors (Lipinski definition) is 3. The van der Waals surface area contributed by atoms with Gasteiger partial charge in [0, 0.05) is 19.5 Å². The fraction of sp³-hybridized carbons (Fsp3) is 0.429. The summed E-state index contributed by atoms with van der Waals surface area (Å²) in [6.45, 7) is 8.77. The molecule has 1 nitrogen and oxygen atoms in total. The third-order valence-electron chi connectivity index (χ3n) is 3.10. The van der Waals surface area contributed by atoms with Crippen molar-refractivity contribution in [1.29, 1.82) is 0 Å². The Labute approximate surface area is 112 Å². The summed E-state index contributed by atoms with van der Waals surface area (Å²) in [5.74, 6) is 0. The molecule has 1 N–H and O–H groups in total. The number of thiophene rings is 2. The van der Waals surface area contributed by atoms with Gasteiger partial charge in [-0.1, -0.05) is 0 Å². The van der Waals surface area contributed by atoms with Gasteiger partial charge in [0.25, 0.3) is 0 Å². The molecule has 92 valence electrons. The highest BCUT2D eigenvalue weighted by Crippen LogP contribution is 2.35. The molecule has 0 aliphatic rings. The van der Waals surface area contributed by atoms with E-state index in [0.29, 0.717) is 6.04 Å². The second kappa shape index (κ2) is 4.92. The summed E-state index contributed by atoms with van der Waals surface area (Å²) in [6, 6.07) is 4.94. The summed E-state index contributed by atoms with van der Waals surface area (Å²) in [5.41, 5.74) is 2.80. The average Bonchev–Trinajstić information content (AvgIpc) is 2.74. The lowest BCUT2D eigenvalue weighted by Crippen LogP contribution is -2.15. The van der Waals surface area contributed by atoms with Gasteiger partial charge in [-0.3, -0.25) is 0 Å². The lowest BCUT2D eigenvalue weighted by atomic mass is 10.1. The third-order valence-corrected chi connectivity index (χ3v) is 5.53. The molecular weight excluding hydrogens is 246 g/mol. The molecule has 3 heteroatoms. The number of nitrogens with one attached hydrogen (secondary N) is 1. The van der Waals surface area contributed by atoms with Crippen molar-refractivity contribution in [2.75, 3.05) is 7.05 Å². The minimum absolute atomic E-state index is 0.353. The third kappa shape index (κ3) is 2.46. The summed E-state index contributed by atoms with van der Waals surface area (Å²) in [4.78, 5) is 5.69. The van der Waals surface area contributed by atoms with Crippen LogP contribution in [0.5, 0.6) is 0 Å². The Morgan fingerprint density at radius 2 is 1.71 bits per heavy atom. The normalized spacial score (nSPS) is 13.0. The molecule has 0 radical (unpaired) electrons. The first kappa shape index (κ1) is 12.8. The van der Waals surface area contributed by atoms with Crippen LogP contribution < -0.4 is 5.32 Å². The summed E-state index contributed by atoms with van der Waals surface area (Å²) in [7, 11) is 2.05. The molecular formula is C14H19NS2. The molecule has 0 spiro atoms. The molecule has 0 saturated carbocycles. The maximum absolute atomic E-state index is 3.45. The van der Waals surface area contributed by atoms with Crippen LogP contribution in [0.3, 0.4) is 0 Å². The fourth-order valence-electron chi connectivity index (χ4n) is 2.09.